The fraction of sp³-hybridized carbons (Fsp3) is 0.258. The van der Waals surface area contributed by atoms with E-state index in [0.717, 1.165) is 64.3 Å². The van der Waals surface area contributed by atoms with Gasteiger partial charge in [-0.25, -0.2) is 14.4 Å². The van der Waals surface area contributed by atoms with Gasteiger partial charge in [0, 0.05) is 24.1 Å². The number of nitrogens with one attached hydrogen (secondary N) is 4. The maximum atomic E-state index is 13.7. The van der Waals surface area contributed by atoms with Gasteiger partial charge in [-0.1, -0.05) is 24.3 Å². The molecule has 200 valence electrons. The molecule has 0 spiro atoms. The Balaban J connectivity index is 1.16. The van der Waals surface area contributed by atoms with Gasteiger partial charge in [0.05, 0.1) is 46.6 Å². The molecule has 2 saturated heterocycles. The number of H-pyrrole nitrogens is 2. The van der Waals surface area contributed by atoms with Gasteiger partial charge in [-0.15, -0.1) is 0 Å². The van der Waals surface area contributed by atoms with E-state index in [2.05, 4.69) is 30.6 Å². The summed E-state index contributed by atoms with van der Waals surface area (Å²) in [7, 11) is 0. The Labute approximate surface area is 228 Å². The van der Waals surface area contributed by atoms with Crippen molar-refractivity contribution in [2.75, 3.05) is 13.1 Å². The Morgan fingerprint density at radius 3 is 2.30 bits per heavy atom. The molecule has 2 aliphatic rings. The molecule has 9 heteroatoms. The maximum absolute atomic E-state index is 13.7. The second-order valence-corrected chi connectivity index (χ2v) is 10.8. The molecule has 0 radical (unpaired) electrons. The third kappa shape index (κ3) is 3.84. The summed E-state index contributed by atoms with van der Waals surface area (Å²) < 4.78 is 19.9. The lowest BCUT2D eigenvalue weighted by molar-refractivity contribution is 0.355. The van der Waals surface area contributed by atoms with Crippen molar-refractivity contribution in [1.29, 1.82) is 0 Å². The van der Waals surface area contributed by atoms with Gasteiger partial charge in [0.1, 0.15) is 29.0 Å². The Kier molecular flexibility index (Phi) is 5.36. The lowest BCUT2D eigenvalue weighted by atomic mass is 10.0. The molecule has 0 amide bonds. The van der Waals surface area contributed by atoms with E-state index in [9.17, 15) is 9.18 Å². The molecule has 6 aromatic rings. The first-order valence-electron chi connectivity index (χ1n) is 13.8. The standard InChI is InChI=1S/C31H27FN6O2/c32-19-12-23(34-13-19)31-36-14-24(38-31)17-3-6-20-16(10-17)5-8-26-28(20)29(39)21-7-4-18(11-27(21)40-26)25-15-35-30(37-25)22-2-1-9-33-22/h3-8,10-11,14-15,19,22-23,33-34H,1-2,9,12-13H2,(H,35,37)(H,36,38)/t19-,22+,23+/m1/s1. The predicted octanol–water partition coefficient (Wildman–Crippen LogP) is 5.68. The van der Waals surface area contributed by atoms with Crippen molar-refractivity contribution in [3.05, 3.63) is 82.8 Å². The highest BCUT2D eigenvalue weighted by molar-refractivity contribution is 6.09. The fourth-order valence-electron chi connectivity index (χ4n) is 6.15. The highest BCUT2D eigenvalue weighted by Crippen LogP contribution is 2.32. The van der Waals surface area contributed by atoms with Crippen molar-refractivity contribution in [2.45, 2.75) is 37.5 Å². The largest absolute Gasteiger partial charge is 0.456 e. The average molecular weight is 535 g/mol. The SMILES string of the molecule is O=c1c2ccc(-c3cnc([C@@H]4CCCN4)[nH]3)cc2oc2ccc3cc(-c4cnc([C@@H]5C[C@@H](F)CN5)[nH]4)ccc3c12. The Hall–Kier alpha value is -4.34. The van der Waals surface area contributed by atoms with Gasteiger partial charge >= 0.3 is 0 Å². The van der Waals surface area contributed by atoms with Crippen molar-refractivity contribution in [3.63, 3.8) is 0 Å². The smallest absolute Gasteiger partial charge is 0.201 e. The summed E-state index contributed by atoms with van der Waals surface area (Å²) in [6.07, 6.45) is 5.41. The molecule has 4 N–H and O–H groups in total. The van der Waals surface area contributed by atoms with Crippen molar-refractivity contribution >= 4 is 32.7 Å². The first-order chi connectivity index (χ1) is 19.6. The summed E-state index contributed by atoms with van der Waals surface area (Å²) in [6, 6.07) is 15.6. The van der Waals surface area contributed by atoms with E-state index in [0.29, 0.717) is 34.9 Å². The van der Waals surface area contributed by atoms with E-state index in [1.807, 2.05) is 54.7 Å². The molecular weight excluding hydrogens is 507 g/mol. The van der Waals surface area contributed by atoms with Crippen LogP contribution in [-0.2, 0) is 0 Å². The van der Waals surface area contributed by atoms with E-state index in [4.69, 9.17) is 4.42 Å². The molecule has 8 nitrogen and oxygen atoms in total. The molecule has 5 heterocycles. The Morgan fingerprint density at radius 1 is 0.825 bits per heavy atom. The average Bonchev–Trinajstić information content (AvgIpc) is 3.79. The minimum atomic E-state index is -0.848. The number of hydrogen-bond acceptors (Lipinski definition) is 6. The molecule has 40 heavy (non-hydrogen) atoms. The Morgan fingerprint density at radius 2 is 1.57 bits per heavy atom. The van der Waals surface area contributed by atoms with Gasteiger partial charge in [-0.3, -0.25) is 4.79 Å². The summed E-state index contributed by atoms with van der Waals surface area (Å²) in [5.74, 6) is 1.68. The number of alkyl halides is 1. The minimum absolute atomic E-state index is 0.0569. The van der Waals surface area contributed by atoms with Crippen LogP contribution in [0.5, 0.6) is 0 Å². The number of rotatable bonds is 4. The molecule has 0 aliphatic carbocycles. The van der Waals surface area contributed by atoms with Gasteiger partial charge in [-0.2, -0.15) is 0 Å². The first kappa shape index (κ1) is 23.5. The summed E-state index contributed by atoms with van der Waals surface area (Å²) in [5, 5.41) is 9.49. The second kappa shape index (κ2) is 9.11. The molecule has 8 rings (SSSR count). The van der Waals surface area contributed by atoms with E-state index in [1.165, 1.54) is 0 Å². The van der Waals surface area contributed by atoms with E-state index in [-0.39, 0.29) is 17.5 Å². The minimum Gasteiger partial charge on any atom is -0.456 e. The van der Waals surface area contributed by atoms with Gasteiger partial charge in [-0.05, 0) is 54.4 Å². The summed E-state index contributed by atoms with van der Waals surface area (Å²) in [4.78, 5) is 29.5. The molecule has 2 fully saturated rings. The molecule has 0 unspecified atom stereocenters. The number of aromatic nitrogens is 4. The normalized spacial score (nSPS) is 21.3. The molecule has 0 saturated carbocycles. The topological polar surface area (TPSA) is 112 Å². The zero-order valence-electron chi connectivity index (χ0n) is 21.6. The van der Waals surface area contributed by atoms with Crippen LogP contribution in [0, 0.1) is 0 Å². The number of benzene rings is 3. The maximum Gasteiger partial charge on any atom is 0.201 e. The molecule has 2 aliphatic heterocycles. The van der Waals surface area contributed by atoms with Crippen LogP contribution in [0.4, 0.5) is 4.39 Å². The molecule has 3 atom stereocenters. The van der Waals surface area contributed by atoms with Crippen molar-refractivity contribution in [1.82, 2.24) is 30.6 Å². The van der Waals surface area contributed by atoms with Crippen LogP contribution in [0.2, 0.25) is 0 Å². The summed E-state index contributed by atoms with van der Waals surface area (Å²) in [6.45, 7) is 1.36. The van der Waals surface area contributed by atoms with Crippen LogP contribution >= 0.6 is 0 Å². The van der Waals surface area contributed by atoms with Crippen molar-refractivity contribution in [2.24, 2.45) is 0 Å². The lowest BCUT2D eigenvalue weighted by Crippen LogP contribution is -2.14. The van der Waals surface area contributed by atoms with Crippen LogP contribution in [-0.4, -0.2) is 39.2 Å². The highest BCUT2D eigenvalue weighted by Gasteiger charge is 2.27. The number of hydrogen-bond donors (Lipinski definition) is 4. The third-order valence-electron chi connectivity index (χ3n) is 8.27. The zero-order chi connectivity index (χ0) is 26.8. The number of imidazole rings is 2. The molecule has 3 aromatic carbocycles. The lowest BCUT2D eigenvalue weighted by Gasteiger charge is -2.08. The van der Waals surface area contributed by atoms with Gasteiger partial charge < -0.3 is 25.0 Å². The van der Waals surface area contributed by atoms with E-state index in [1.54, 1.807) is 6.20 Å². The molecule has 3 aromatic heterocycles. The number of fused-ring (bicyclic) bond motifs is 4. The van der Waals surface area contributed by atoms with E-state index >= 15 is 0 Å². The Bertz CT molecular complexity index is 1970. The summed E-state index contributed by atoms with van der Waals surface area (Å²) >= 11 is 0. The van der Waals surface area contributed by atoms with Crippen molar-refractivity contribution < 1.29 is 8.81 Å². The number of nitrogens with zero attached hydrogens (tertiary/aromatic N) is 2. The second-order valence-electron chi connectivity index (χ2n) is 10.8. The highest BCUT2D eigenvalue weighted by atomic mass is 19.1. The van der Waals surface area contributed by atoms with Crippen LogP contribution < -0.4 is 16.1 Å². The van der Waals surface area contributed by atoms with Gasteiger partial charge in [0.25, 0.3) is 0 Å². The van der Waals surface area contributed by atoms with Gasteiger partial charge in [0.2, 0.25) is 5.43 Å². The molecular formula is C31H27FN6O2. The zero-order valence-corrected chi connectivity index (χ0v) is 21.6. The fourth-order valence-corrected chi connectivity index (χ4v) is 6.15. The van der Waals surface area contributed by atoms with Gasteiger partial charge in [0.15, 0.2) is 0 Å². The molecule has 0 bridgehead atoms. The number of halogens is 1. The predicted molar refractivity (Wildman–Crippen MR) is 153 cm³/mol. The van der Waals surface area contributed by atoms with E-state index < -0.39 is 6.17 Å². The third-order valence-corrected chi connectivity index (χ3v) is 8.27. The van der Waals surface area contributed by atoms with Crippen molar-refractivity contribution in [3.8, 4) is 22.5 Å². The van der Waals surface area contributed by atoms with Crippen LogP contribution in [0.25, 0.3) is 55.2 Å². The van der Waals surface area contributed by atoms with Crippen LogP contribution in [0.1, 0.15) is 43.0 Å². The summed E-state index contributed by atoms with van der Waals surface area (Å²) in [5.41, 5.74) is 4.65. The van der Waals surface area contributed by atoms with Crippen LogP contribution in [0.3, 0.4) is 0 Å². The van der Waals surface area contributed by atoms with Crippen LogP contribution in [0.15, 0.2) is 70.1 Å². The monoisotopic (exact) mass is 534 g/mol. The first-order valence-corrected chi connectivity index (χ1v) is 13.8. The number of aromatic amines is 2. The quantitative estimate of drug-likeness (QED) is 0.171.